The van der Waals surface area contributed by atoms with Gasteiger partial charge in [-0.3, -0.25) is 0 Å². The van der Waals surface area contributed by atoms with Crippen LogP contribution in [-0.2, 0) is 6.54 Å². The van der Waals surface area contributed by atoms with Crippen molar-refractivity contribution in [2.75, 3.05) is 13.6 Å². The summed E-state index contributed by atoms with van der Waals surface area (Å²) in [5, 5.41) is 0.331. The minimum absolute atomic E-state index is 0.331. The van der Waals surface area contributed by atoms with Gasteiger partial charge in [0.25, 0.3) is 0 Å². The van der Waals surface area contributed by atoms with Gasteiger partial charge < -0.3 is 9.47 Å². The molecule has 1 saturated carbocycles. The van der Waals surface area contributed by atoms with Gasteiger partial charge in [-0.15, -0.1) is 11.6 Å². The number of hydrogen-bond acceptors (Lipinski definition) is 2. The molecule has 1 aliphatic rings. The average molecular weight is 256 g/mol. The van der Waals surface area contributed by atoms with Crippen LogP contribution in [-0.4, -0.2) is 39.5 Å². The Labute approximate surface area is 109 Å². The van der Waals surface area contributed by atoms with Crippen LogP contribution in [0.1, 0.15) is 31.5 Å². The van der Waals surface area contributed by atoms with Gasteiger partial charge >= 0.3 is 0 Å². The largest absolute Gasteiger partial charge is 0.334 e. The van der Waals surface area contributed by atoms with Crippen LogP contribution in [0.25, 0.3) is 0 Å². The molecule has 0 saturated heterocycles. The Kier molecular flexibility index (Phi) is 4.46. The van der Waals surface area contributed by atoms with Gasteiger partial charge in [-0.1, -0.05) is 12.8 Å². The second-order valence-electron chi connectivity index (χ2n) is 5.02. The van der Waals surface area contributed by atoms with E-state index in [1.807, 2.05) is 19.3 Å². The summed E-state index contributed by atoms with van der Waals surface area (Å²) in [6.45, 7) is 4.10. The Morgan fingerprint density at radius 3 is 2.88 bits per heavy atom. The zero-order valence-electron chi connectivity index (χ0n) is 10.8. The van der Waals surface area contributed by atoms with Crippen LogP contribution in [0.15, 0.2) is 12.4 Å². The van der Waals surface area contributed by atoms with Gasteiger partial charge in [0, 0.05) is 36.9 Å². The van der Waals surface area contributed by atoms with Gasteiger partial charge in [-0.25, -0.2) is 4.98 Å². The summed E-state index contributed by atoms with van der Waals surface area (Å²) in [4.78, 5) is 6.65. The molecule has 0 N–H and O–H groups in total. The highest BCUT2D eigenvalue weighted by Crippen LogP contribution is 2.26. The number of nitrogens with zero attached hydrogens (tertiary/aromatic N) is 3. The van der Waals surface area contributed by atoms with Crippen LogP contribution >= 0.6 is 11.6 Å². The smallest absolute Gasteiger partial charge is 0.105 e. The third kappa shape index (κ3) is 3.23. The SMILES string of the molecule is Cc1nccn1CCN(C)C1CCCCC1Cl. The molecule has 2 rings (SSSR count). The minimum Gasteiger partial charge on any atom is -0.334 e. The molecule has 1 aromatic heterocycles. The van der Waals surface area contributed by atoms with Gasteiger partial charge in [-0.2, -0.15) is 0 Å². The maximum atomic E-state index is 6.41. The molecule has 1 aliphatic carbocycles. The van der Waals surface area contributed by atoms with E-state index in [2.05, 4.69) is 21.5 Å². The maximum Gasteiger partial charge on any atom is 0.105 e. The zero-order valence-corrected chi connectivity index (χ0v) is 11.5. The van der Waals surface area contributed by atoms with E-state index in [0.29, 0.717) is 11.4 Å². The predicted molar refractivity (Wildman–Crippen MR) is 71.5 cm³/mol. The highest BCUT2D eigenvalue weighted by Gasteiger charge is 2.26. The Balaban J connectivity index is 1.84. The molecule has 0 aliphatic heterocycles. The molecule has 1 heterocycles. The van der Waals surface area contributed by atoms with Crippen molar-refractivity contribution in [3.05, 3.63) is 18.2 Å². The van der Waals surface area contributed by atoms with Gasteiger partial charge in [-0.05, 0) is 26.8 Å². The molecule has 2 unspecified atom stereocenters. The van der Waals surface area contributed by atoms with Crippen molar-refractivity contribution >= 4 is 11.6 Å². The Hall–Kier alpha value is -0.540. The van der Waals surface area contributed by atoms with Gasteiger partial charge in [0.15, 0.2) is 0 Å². The lowest BCUT2D eigenvalue weighted by Crippen LogP contribution is -2.42. The van der Waals surface area contributed by atoms with Gasteiger partial charge in [0.05, 0.1) is 0 Å². The number of rotatable bonds is 4. The molecule has 0 radical (unpaired) electrons. The molecule has 17 heavy (non-hydrogen) atoms. The summed E-state index contributed by atoms with van der Waals surface area (Å²) in [6.07, 6.45) is 8.93. The van der Waals surface area contributed by atoms with Crippen LogP contribution in [0.5, 0.6) is 0 Å². The second kappa shape index (κ2) is 5.87. The normalized spacial score (nSPS) is 25.4. The quantitative estimate of drug-likeness (QED) is 0.772. The molecule has 3 nitrogen and oxygen atoms in total. The summed E-state index contributed by atoms with van der Waals surface area (Å²) in [5.41, 5.74) is 0. The fourth-order valence-corrected chi connectivity index (χ4v) is 3.11. The topological polar surface area (TPSA) is 21.1 Å². The van der Waals surface area contributed by atoms with Crippen molar-refractivity contribution in [1.82, 2.24) is 14.5 Å². The lowest BCUT2D eigenvalue weighted by atomic mass is 9.94. The number of alkyl halides is 1. The molecule has 96 valence electrons. The summed E-state index contributed by atoms with van der Waals surface area (Å²) in [6, 6.07) is 0.550. The van der Waals surface area contributed by atoms with Crippen LogP contribution < -0.4 is 0 Å². The number of aryl methyl sites for hydroxylation is 1. The van der Waals surface area contributed by atoms with Crippen molar-refractivity contribution in [2.45, 2.75) is 50.6 Å². The fourth-order valence-electron chi connectivity index (χ4n) is 2.63. The van der Waals surface area contributed by atoms with E-state index in [9.17, 15) is 0 Å². The minimum atomic E-state index is 0.331. The van der Waals surface area contributed by atoms with Crippen LogP contribution in [0.3, 0.4) is 0 Å². The van der Waals surface area contributed by atoms with E-state index in [0.717, 1.165) is 18.9 Å². The molecule has 4 heteroatoms. The molecule has 0 aromatic carbocycles. The van der Waals surface area contributed by atoms with Crippen LogP contribution in [0.2, 0.25) is 0 Å². The lowest BCUT2D eigenvalue weighted by molar-refractivity contribution is 0.189. The van der Waals surface area contributed by atoms with E-state index < -0.39 is 0 Å². The first-order chi connectivity index (χ1) is 8.18. The Morgan fingerprint density at radius 1 is 1.47 bits per heavy atom. The molecule has 1 fully saturated rings. The Morgan fingerprint density at radius 2 is 2.24 bits per heavy atom. The summed E-state index contributed by atoms with van der Waals surface area (Å²) < 4.78 is 2.20. The van der Waals surface area contributed by atoms with Crippen molar-refractivity contribution in [3.8, 4) is 0 Å². The van der Waals surface area contributed by atoms with Crippen LogP contribution in [0, 0.1) is 6.92 Å². The van der Waals surface area contributed by atoms with E-state index in [1.165, 1.54) is 25.7 Å². The zero-order chi connectivity index (χ0) is 12.3. The highest BCUT2D eigenvalue weighted by molar-refractivity contribution is 6.21. The monoisotopic (exact) mass is 255 g/mol. The first kappa shape index (κ1) is 12.9. The molecule has 0 amide bonds. The van der Waals surface area contributed by atoms with Crippen molar-refractivity contribution in [2.24, 2.45) is 0 Å². The van der Waals surface area contributed by atoms with E-state index in [1.54, 1.807) is 0 Å². The first-order valence-corrected chi connectivity index (χ1v) is 6.94. The average Bonchev–Trinajstić information content (AvgIpc) is 2.72. The van der Waals surface area contributed by atoms with Crippen molar-refractivity contribution in [3.63, 3.8) is 0 Å². The lowest BCUT2D eigenvalue weighted by Gasteiger charge is -2.35. The third-order valence-corrected chi connectivity index (χ3v) is 4.34. The summed E-state index contributed by atoms with van der Waals surface area (Å²) in [7, 11) is 2.19. The molecule has 0 spiro atoms. The molecular weight excluding hydrogens is 234 g/mol. The molecule has 0 bridgehead atoms. The number of imidazole rings is 1. The van der Waals surface area contributed by atoms with Gasteiger partial charge in [0.2, 0.25) is 0 Å². The van der Waals surface area contributed by atoms with Crippen molar-refractivity contribution in [1.29, 1.82) is 0 Å². The van der Waals surface area contributed by atoms with E-state index in [4.69, 9.17) is 11.6 Å². The highest BCUT2D eigenvalue weighted by atomic mass is 35.5. The number of halogens is 1. The van der Waals surface area contributed by atoms with Crippen LogP contribution in [0.4, 0.5) is 0 Å². The summed E-state index contributed by atoms with van der Waals surface area (Å²) >= 11 is 6.41. The molecule has 2 atom stereocenters. The molecule has 1 aromatic rings. The van der Waals surface area contributed by atoms with E-state index >= 15 is 0 Å². The number of aromatic nitrogens is 2. The van der Waals surface area contributed by atoms with E-state index in [-0.39, 0.29) is 0 Å². The molecular formula is C13H22ClN3. The maximum absolute atomic E-state index is 6.41. The number of hydrogen-bond donors (Lipinski definition) is 0. The third-order valence-electron chi connectivity index (χ3n) is 3.83. The second-order valence-corrected chi connectivity index (χ2v) is 5.58. The first-order valence-electron chi connectivity index (χ1n) is 6.50. The van der Waals surface area contributed by atoms with Gasteiger partial charge in [0.1, 0.15) is 5.82 Å². The standard InChI is InChI=1S/C13H22ClN3/c1-11-15-7-8-17(11)10-9-16(2)13-6-4-3-5-12(13)14/h7-8,12-13H,3-6,9-10H2,1-2H3. The van der Waals surface area contributed by atoms with Crippen molar-refractivity contribution < 1.29 is 0 Å². The fraction of sp³-hybridized carbons (Fsp3) is 0.769. The predicted octanol–water partition coefficient (Wildman–Crippen LogP) is 2.67. The number of likely N-dealkylation sites (N-methyl/N-ethyl adjacent to an activating group) is 1. The Bertz CT molecular complexity index is 350. The summed E-state index contributed by atoms with van der Waals surface area (Å²) in [5.74, 6) is 1.09.